The summed E-state index contributed by atoms with van der Waals surface area (Å²) in [5.74, 6) is 0. The lowest BCUT2D eigenvalue weighted by Gasteiger charge is -2.42. The number of rotatable bonds is 2. The predicted molar refractivity (Wildman–Crippen MR) is 124 cm³/mol. The monoisotopic (exact) mass is 388 g/mol. The Kier molecular flexibility index (Phi) is 3.47. The Morgan fingerprint density at radius 2 is 0.900 bits per heavy atom. The molecule has 4 aromatic carbocycles. The summed E-state index contributed by atoms with van der Waals surface area (Å²) in [6, 6.07) is 35.3. The van der Waals surface area contributed by atoms with E-state index in [4.69, 9.17) is 0 Å². The molecule has 0 saturated heterocycles. The van der Waals surface area contributed by atoms with Gasteiger partial charge in [0.1, 0.15) is 11.1 Å². The summed E-state index contributed by atoms with van der Waals surface area (Å²) in [4.78, 5) is 0. The quantitative estimate of drug-likeness (QED) is 0.418. The predicted octanol–water partition coefficient (Wildman–Crippen LogP) is 6.34. The maximum Gasteiger partial charge on any atom is 0.122 e. The van der Waals surface area contributed by atoms with Crippen molar-refractivity contribution >= 4 is 11.4 Å². The van der Waals surface area contributed by atoms with Gasteiger partial charge in [0, 0.05) is 22.5 Å². The minimum absolute atomic E-state index is 0.437. The minimum Gasteiger partial charge on any atom is -0.369 e. The molecule has 0 saturated carbocycles. The van der Waals surface area contributed by atoms with E-state index in [1.54, 1.807) is 0 Å². The van der Waals surface area contributed by atoms with E-state index >= 15 is 0 Å². The molecule has 2 nitrogen and oxygen atoms in total. The van der Waals surface area contributed by atoms with Crippen LogP contribution in [0.4, 0.5) is 11.4 Å². The molecule has 0 fully saturated rings. The summed E-state index contributed by atoms with van der Waals surface area (Å²) in [5.41, 5.74) is 9.16. The van der Waals surface area contributed by atoms with Crippen molar-refractivity contribution in [3.05, 3.63) is 130 Å². The molecule has 2 unspecified atom stereocenters. The minimum atomic E-state index is -0.437. The Morgan fingerprint density at radius 3 is 1.30 bits per heavy atom. The third kappa shape index (κ3) is 2.03. The molecule has 2 atom stereocenters. The van der Waals surface area contributed by atoms with Crippen molar-refractivity contribution in [2.24, 2.45) is 0 Å². The van der Waals surface area contributed by atoms with Gasteiger partial charge in [0.05, 0.1) is 0 Å². The van der Waals surface area contributed by atoms with Gasteiger partial charge in [-0.15, -0.1) is 0 Å². The summed E-state index contributed by atoms with van der Waals surface area (Å²) in [7, 11) is 0. The first-order valence-corrected chi connectivity index (χ1v) is 10.5. The second kappa shape index (κ2) is 5.99. The van der Waals surface area contributed by atoms with Crippen LogP contribution in [-0.2, 0) is 11.1 Å². The first-order valence-electron chi connectivity index (χ1n) is 10.5. The summed E-state index contributed by atoms with van der Waals surface area (Å²) in [6.07, 6.45) is 0. The van der Waals surface area contributed by atoms with Crippen LogP contribution in [0.5, 0.6) is 0 Å². The average molecular weight is 389 g/mol. The van der Waals surface area contributed by atoms with E-state index in [0.717, 1.165) is 0 Å². The van der Waals surface area contributed by atoms with Gasteiger partial charge < -0.3 is 10.6 Å². The van der Waals surface area contributed by atoms with Crippen LogP contribution in [0, 0.1) is 13.8 Å². The highest BCUT2D eigenvalue weighted by Crippen LogP contribution is 2.64. The molecule has 2 aliphatic rings. The third-order valence-electron chi connectivity index (χ3n) is 6.78. The highest BCUT2D eigenvalue weighted by Gasteiger charge is 2.65. The van der Waals surface area contributed by atoms with Crippen molar-refractivity contribution in [1.82, 2.24) is 0 Å². The van der Waals surface area contributed by atoms with E-state index in [0.29, 0.717) is 0 Å². The second-order valence-corrected chi connectivity index (χ2v) is 8.58. The second-order valence-electron chi connectivity index (χ2n) is 8.58. The maximum absolute atomic E-state index is 4.01. The highest BCUT2D eigenvalue weighted by atomic mass is 15.2. The molecule has 6 rings (SSSR count). The number of anilines is 2. The largest absolute Gasteiger partial charge is 0.369 e. The van der Waals surface area contributed by atoms with Gasteiger partial charge in [-0.05, 0) is 37.1 Å². The number of benzene rings is 4. The van der Waals surface area contributed by atoms with Crippen LogP contribution in [0.25, 0.3) is 0 Å². The molecule has 2 N–H and O–H groups in total. The van der Waals surface area contributed by atoms with Crippen LogP contribution in [-0.4, -0.2) is 0 Å². The van der Waals surface area contributed by atoms with Crippen LogP contribution in [0.3, 0.4) is 0 Å². The summed E-state index contributed by atoms with van der Waals surface area (Å²) < 4.78 is 0. The van der Waals surface area contributed by atoms with Crippen molar-refractivity contribution in [1.29, 1.82) is 0 Å². The molecule has 2 heterocycles. The fraction of sp³-hybridized carbons (Fsp3) is 0.143. The number of aryl methyl sites for hydroxylation is 2. The van der Waals surface area contributed by atoms with Crippen LogP contribution in [0.1, 0.15) is 33.4 Å². The fourth-order valence-corrected chi connectivity index (χ4v) is 5.55. The van der Waals surface area contributed by atoms with Crippen LogP contribution < -0.4 is 10.6 Å². The van der Waals surface area contributed by atoms with Gasteiger partial charge in [0.2, 0.25) is 0 Å². The zero-order valence-electron chi connectivity index (χ0n) is 17.2. The molecule has 0 amide bonds. The van der Waals surface area contributed by atoms with Gasteiger partial charge in [0.25, 0.3) is 0 Å². The van der Waals surface area contributed by atoms with E-state index in [9.17, 15) is 0 Å². The molecule has 0 bridgehead atoms. The topological polar surface area (TPSA) is 24.1 Å². The molecule has 0 aromatic heterocycles. The van der Waals surface area contributed by atoms with Crippen molar-refractivity contribution in [2.75, 3.05) is 10.6 Å². The molecule has 0 aliphatic carbocycles. The summed E-state index contributed by atoms with van der Waals surface area (Å²) in [5, 5.41) is 8.03. The van der Waals surface area contributed by atoms with E-state index < -0.39 is 11.1 Å². The van der Waals surface area contributed by atoms with Gasteiger partial charge in [-0.25, -0.2) is 0 Å². The lowest BCUT2D eigenvalue weighted by molar-refractivity contribution is 0.439. The van der Waals surface area contributed by atoms with Crippen molar-refractivity contribution in [3.8, 4) is 0 Å². The Hall–Kier alpha value is -3.52. The zero-order chi connectivity index (χ0) is 20.3. The molecule has 146 valence electrons. The maximum atomic E-state index is 4.01. The van der Waals surface area contributed by atoms with Gasteiger partial charge in [-0.1, -0.05) is 96.1 Å². The fourth-order valence-electron chi connectivity index (χ4n) is 5.55. The first-order chi connectivity index (χ1) is 14.6. The number of nitrogens with one attached hydrogen (secondary N) is 2. The average Bonchev–Trinajstić information content (AvgIpc) is 3.23. The normalized spacial score (nSPS) is 23.1. The molecule has 4 aromatic rings. The molecule has 2 heteroatoms. The van der Waals surface area contributed by atoms with Crippen molar-refractivity contribution < 1.29 is 0 Å². The van der Waals surface area contributed by atoms with Crippen LogP contribution in [0.15, 0.2) is 97.1 Å². The zero-order valence-corrected chi connectivity index (χ0v) is 17.2. The summed E-state index contributed by atoms with van der Waals surface area (Å²) >= 11 is 0. The Balaban J connectivity index is 1.79. The number of hydrogen-bond donors (Lipinski definition) is 2. The summed E-state index contributed by atoms with van der Waals surface area (Å²) in [6.45, 7) is 4.35. The van der Waals surface area contributed by atoms with Gasteiger partial charge >= 0.3 is 0 Å². The lowest BCUT2D eigenvalue weighted by Crippen LogP contribution is -2.51. The van der Waals surface area contributed by atoms with Crippen molar-refractivity contribution in [2.45, 2.75) is 24.9 Å². The van der Waals surface area contributed by atoms with Gasteiger partial charge in [-0.2, -0.15) is 0 Å². The standard InChI is InChI=1S/C28H24N2/c1-19-13-15-25-23(17-19)27(21-9-5-3-6-10-21)28(29-25,22-11-7-4-8-12-22)24-18-20(2)14-16-26(24)30-27/h3-18,29-30H,1-2H3. The Bertz CT molecular complexity index is 1160. The molecule has 0 radical (unpaired) electrons. The Morgan fingerprint density at radius 1 is 0.500 bits per heavy atom. The van der Waals surface area contributed by atoms with E-state index in [1.807, 2.05) is 0 Å². The molecule has 2 aliphatic heterocycles. The van der Waals surface area contributed by atoms with Crippen LogP contribution >= 0.6 is 0 Å². The molecular weight excluding hydrogens is 364 g/mol. The smallest absolute Gasteiger partial charge is 0.122 e. The highest BCUT2D eigenvalue weighted by molar-refractivity contribution is 5.84. The first kappa shape index (κ1) is 17.3. The van der Waals surface area contributed by atoms with E-state index in [-0.39, 0.29) is 0 Å². The third-order valence-corrected chi connectivity index (χ3v) is 6.78. The number of hydrogen-bond acceptors (Lipinski definition) is 2. The lowest BCUT2D eigenvalue weighted by atomic mass is 9.66. The van der Waals surface area contributed by atoms with Crippen LogP contribution in [0.2, 0.25) is 0 Å². The van der Waals surface area contributed by atoms with E-state index in [1.165, 1.54) is 44.8 Å². The molecular formula is C28H24N2. The Labute approximate surface area is 177 Å². The van der Waals surface area contributed by atoms with E-state index in [2.05, 4.69) is 122 Å². The molecule has 30 heavy (non-hydrogen) atoms. The SMILES string of the molecule is Cc1ccc2c(c1)C1(c3ccccc3)Nc3ccc(C)cc3C1(c1ccccc1)N2. The van der Waals surface area contributed by atoms with Gasteiger partial charge in [0.15, 0.2) is 0 Å². The number of fused-ring (bicyclic) bond motifs is 5. The van der Waals surface area contributed by atoms with Crippen molar-refractivity contribution in [3.63, 3.8) is 0 Å². The van der Waals surface area contributed by atoms with Gasteiger partial charge in [-0.3, -0.25) is 0 Å². The molecule has 0 spiro atoms.